The zero-order valence-electron chi connectivity index (χ0n) is 7.93. The molecule has 0 amide bonds. The molecule has 0 aliphatic rings. The maximum atomic E-state index is 13.1. The van der Waals surface area contributed by atoms with Crippen LogP contribution in [-0.2, 0) is 11.2 Å². The first-order chi connectivity index (χ1) is 6.54. The molecule has 1 aromatic rings. The van der Waals surface area contributed by atoms with Gasteiger partial charge in [-0.25, -0.2) is 4.39 Å². The number of carbonyl (C=O) groups is 1. The van der Waals surface area contributed by atoms with Crippen molar-refractivity contribution < 1.29 is 13.9 Å². The van der Waals surface area contributed by atoms with Crippen molar-refractivity contribution in [1.29, 1.82) is 0 Å². The van der Waals surface area contributed by atoms with Crippen molar-refractivity contribution in [2.24, 2.45) is 0 Å². The number of ketones is 1. The van der Waals surface area contributed by atoms with Crippen LogP contribution in [0.4, 0.5) is 4.39 Å². The quantitative estimate of drug-likeness (QED) is 0.836. The number of Topliss-reactive ketones (excluding diaryl/α,β-unsaturated/α-hetero) is 1. The number of carbonyl (C=O) groups excluding carboxylic acids is 1. The summed E-state index contributed by atoms with van der Waals surface area (Å²) in [6, 6.07) is 2.83. The molecule has 0 saturated carbocycles. The Morgan fingerprint density at radius 1 is 1.57 bits per heavy atom. The zero-order valence-corrected chi connectivity index (χ0v) is 9.52. The Balaban J connectivity index is 3.13. The van der Waals surface area contributed by atoms with Gasteiger partial charge in [0, 0.05) is 12.0 Å². The summed E-state index contributed by atoms with van der Waals surface area (Å²) in [5.74, 6) is 0.112. The van der Waals surface area contributed by atoms with Gasteiger partial charge < -0.3 is 4.74 Å². The number of hydrogen-bond donors (Lipinski definition) is 0. The van der Waals surface area contributed by atoms with Crippen molar-refractivity contribution in [3.8, 4) is 5.75 Å². The first-order valence-corrected chi connectivity index (χ1v) is 4.85. The predicted octanol–water partition coefficient (Wildman–Crippen LogP) is 2.73. The first-order valence-electron chi connectivity index (χ1n) is 4.06. The minimum Gasteiger partial charge on any atom is -0.496 e. The minimum atomic E-state index is -0.387. The Morgan fingerprint density at radius 2 is 2.21 bits per heavy atom. The highest BCUT2D eigenvalue weighted by atomic mass is 79.9. The van der Waals surface area contributed by atoms with Crippen LogP contribution in [0.25, 0.3) is 0 Å². The number of methoxy groups -OCH3 is 1. The average molecular weight is 261 g/mol. The van der Waals surface area contributed by atoms with E-state index in [4.69, 9.17) is 4.74 Å². The van der Waals surface area contributed by atoms with Crippen molar-refractivity contribution >= 4 is 21.7 Å². The lowest BCUT2D eigenvalue weighted by Crippen LogP contribution is -2.00. The molecule has 0 aliphatic carbocycles. The number of hydrogen-bond acceptors (Lipinski definition) is 2. The van der Waals surface area contributed by atoms with Crippen LogP contribution in [0.5, 0.6) is 5.75 Å². The summed E-state index contributed by atoms with van der Waals surface area (Å²) in [7, 11) is 1.49. The summed E-state index contributed by atoms with van der Waals surface area (Å²) in [5.41, 5.74) is 0.570. The van der Waals surface area contributed by atoms with E-state index in [0.717, 1.165) is 0 Å². The van der Waals surface area contributed by atoms with E-state index in [2.05, 4.69) is 15.9 Å². The fourth-order valence-corrected chi connectivity index (χ4v) is 1.49. The SMILES string of the molecule is COc1cc(Br)c(F)cc1CC(C)=O. The summed E-state index contributed by atoms with van der Waals surface area (Å²) in [4.78, 5) is 10.9. The lowest BCUT2D eigenvalue weighted by molar-refractivity contribution is -0.116. The van der Waals surface area contributed by atoms with Gasteiger partial charge in [-0.15, -0.1) is 0 Å². The van der Waals surface area contributed by atoms with Gasteiger partial charge in [0.25, 0.3) is 0 Å². The van der Waals surface area contributed by atoms with Crippen LogP contribution in [0, 0.1) is 5.82 Å². The van der Waals surface area contributed by atoms with Gasteiger partial charge in [-0.3, -0.25) is 4.79 Å². The van der Waals surface area contributed by atoms with Crippen molar-refractivity contribution in [3.63, 3.8) is 0 Å². The molecular weight excluding hydrogens is 251 g/mol. The lowest BCUT2D eigenvalue weighted by Gasteiger charge is -2.08. The lowest BCUT2D eigenvalue weighted by atomic mass is 10.1. The number of ether oxygens (including phenoxy) is 1. The molecule has 0 radical (unpaired) electrons. The molecular formula is C10H10BrFO2. The highest BCUT2D eigenvalue weighted by molar-refractivity contribution is 9.10. The summed E-state index contributed by atoms with van der Waals surface area (Å²) in [6.07, 6.45) is 0.188. The maximum Gasteiger partial charge on any atom is 0.137 e. The molecule has 0 spiro atoms. The molecule has 1 rings (SSSR count). The Hall–Kier alpha value is -0.900. The third-order valence-corrected chi connectivity index (χ3v) is 2.37. The van der Waals surface area contributed by atoms with Crippen LogP contribution in [0.1, 0.15) is 12.5 Å². The van der Waals surface area contributed by atoms with Crippen molar-refractivity contribution in [3.05, 3.63) is 28.0 Å². The van der Waals surface area contributed by atoms with Crippen LogP contribution in [0.15, 0.2) is 16.6 Å². The summed E-state index contributed by atoms with van der Waals surface area (Å²) >= 11 is 3.05. The Bertz CT molecular complexity index is 363. The monoisotopic (exact) mass is 260 g/mol. The van der Waals surface area contributed by atoms with Gasteiger partial charge in [0.05, 0.1) is 11.6 Å². The summed E-state index contributed by atoms with van der Waals surface area (Å²) < 4.78 is 18.5. The van der Waals surface area contributed by atoms with Crippen LogP contribution in [-0.4, -0.2) is 12.9 Å². The number of rotatable bonds is 3. The number of benzene rings is 1. The smallest absolute Gasteiger partial charge is 0.137 e. The third-order valence-electron chi connectivity index (χ3n) is 1.76. The molecule has 14 heavy (non-hydrogen) atoms. The van der Waals surface area contributed by atoms with Crippen molar-refractivity contribution in [2.45, 2.75) is 13.3 Å². The zero-order chi connectivity index (χ0) is 10.7. The van der Waals surface area contributed by atoms with E-state index in [1.54, 1.807) is 0 Å². The largest absolute Gasteiger partial charge is 0.496 e. The molecule has 0 saturated heterocycles. The van der Waals surface area contributed by atoms with E-state index in [0.29, 0.717) is 15.8 Å². The molecule has 0 N–H and O–H groups in total. The van der Waals surface area contributed by atoms with Crippen molar-refractivity contribution in [1.82, 2.24) is 0 Å². The third kappa shape index (κ3) is 2.54. The van der Waals surface area contributed by atoms with E-state index in [9.17, 15) is 9.18 Å². The minimum absolute atomic E-state index is 0.0231. The first kappa shape index (κ1) is 11.2. The molecule has 0 fully saturated rings. The van der Waals surface area contributed by atoms with Gasteiger partial charge in [-0.1, -0.05) is 0 Å². The molecule has 0 aliphatic heterocycles. The molecule has 0 unspecified atom stereocenters. The van der Waals surface area contributed by atoms with Gasteiger partial charge in [-0.05, 0) is 35.0 Å². The normalized spacial score (nSPS) is 10.0. The van der Waals surface area contributed by atoms with E-state index < -0.39 is 0 Å². The second-order valence-corrected chi connectivity index (χ2v) is 3.81. The van der Waals surface area contributed by atoms with Gasteiger partial charge in [0.2, 0.25) is 0 Å². The second-order valence-electron chi connectivity index (χ2n) is 2.96. The van der Waals surface area contributed by atoms with E-state index in [1.807, 2.05) is 0 Å². The van der Waals surface area contributed by atoms with E-state index >= 15 is 0 Å². The van der Waals surface area contributed by atoms with E-state index in [-0.39, 0.29) is 18.0 Å². The van der Waals surface area contributed by atoms with Crippen LogP contribution in [0.2, 0.25) is 0 Å². The molecule has 0 aromatic heterocycles. The maximum absolute atomic E-state index is 13.1. The standard InChI is InChI=1S/C10H10BrFO2/c1-6(13)3-7-4-9(12)8(11)5-10(7)14-2/h4-5H,3H2,1-2H3. The fourth-order valence-electron chi connectivity index (χ4n) is 1.17. The van der Waals surface area contributed by atoms with Gasteiger partial charge in [0.15, 0.2) is 0 Å². The molecule has 0 atom stereocenters. The van der Waals surface area contributed by atoms with Crippen LogP contribution < -0.4 is 4.74 Å². The van der Waals surface area contributed by atoms with E-state index in [1.165, 1.54) is 26.2 Å². The highest BCUT2D eigenvalue weighted by Gasteiger charge is 2.10. The molecule has 2 nitrogen and oxygen atoms in total. The molecule has 4 heteroatoms. The highest BCUT2D eigenvalue weighted by Crippen LogP contribution is 2.26. The second kappa shape index (κ2) is 4.55. The molecule has 0 bridgehead atoms. The summed E-state index contributed by atoms with van der Waals surface area (Å²) in [6.45, 7) is 1.46. The van der Waals surface area contributed by atoms with Crippen LogP contribution in [0.3, 0.4) is 0 Å². The fraction of sp³-hybridized carbons (Fsp3) is 0.300. The van der Waals surface area contributed by atoms with Gasteiger partial charge in [-0.2, -0.15) is 0 Å². The number of halogens is 2. The summed E-state index contributed by atoms with van der Waals surface area (Å²) in [5, 5.41) is 0. The molecule has 1 aromatic carbocycles. The van der Waals surface area contributed by atoms with Crippen molar-refractivity contribution in [2.75, 3.05) is 7.11 Å². The Morgan fingerprint density at radius 3 is 2.71 bits per heavy atom. The Labute approximate surface area is 90.2 Å². The predicted molar refractivity (Wildman–Crippen MR) is 55.0 cm³/mol. The Kier molecular flexibility index (Phi) is 3.63. The molecule has 76 valence electrons. The van der Waals surface area contributed by atoms with Gasteiger partial charge in [0.1, 0.15) is 17.3 Å². The average Bonchev–Trinajstić information content (AvgIpc) is 2.10. The van der Waals surface area contributed by atoms with Crippen LogP contribution >= 0.6 is 15.9 Å². The topological polar surface area (TPSA) is 26.3 Å². The van der Waals surface area contributed by atoms with Gasteiger partial charge >= 0.3 is 0 Å². The molecule has 0 heterocycles.